The number of carbonyl (C=O) groups is 2. The number of amides is 1. The molecule has 5 nitrogen and oxygen atoms in total. The molecule has 0 aromatic heterocycles. The Balaban J connectivity index is 2.52. The van der Waals surface area contributed by atoms with Gasteiger partial charge >= 0.3 is 12.1 Å². The van der Waals surface area contributed by atoms with E-state index >= 15 is 0 Å². The minimum absolute atomic E-state index is 0.0223. The first-order valence-electron chi connectivity index (χ1n) is 5.89. The van der Waals surface area contributed by atoms with Crippen LogP contribution in [0.2, 0.25) is 0 Å². The Hall–Kier alpha value is -1.26. The summed E-state index contributed by atoms with van der Waals surface area (Å²) in [5.74, 6) is -1.10. The molecule has 1 aliphatic carbocycles. The van der Waals surface area contributed by atoms with Crippen LogP contribution < -0.4 is 0 Å². The fourth-order valence-corrected chi connectivity index (χ4v) is 2.02. The fourth-order valence-electron chi connectivity index (χ4n) is 2.02. The number of rotatable bonds is 2. The van der Waals surface area contributed by atoms with Crippen molar-refractivity contribution in [1.82, 2.24) is 4.90 Å². The molecule has 1 saturated carbocycles. The first kappa shape index (κ1) is 13.8. The van der Waals surface area contributed by atoms with Gasteiger partial charge in [0.25, 0.3) is 0 Å². The predicted octanol–water partition coefficient (Wildman–Crippen LogP) is 2.11. The van der Waals surface area contributed by atoms with E-state index in [1.807, 2.05) is 20.8 Å². The molecular formula is C12H21NO4. The van der Waals surface area contributed by atoms with E-state index in [1.165, 1.54) is 4.90 Å². The highest BCUT2D eigenvalue weighted by Crippen LogP contribution is 2.29. The quantitative estimate of drug-likeness (QED) is 0.806. The number of hydrogen-bond acceptors (Lipinski definition) is 3. The number of aliphatic carboxylic acids is 1. The molecule has 0 aromatic rings. The molecule has 17 heavy (non-hydrogen) atoms. The maximum atomic E-state index is 11.8. The average Bonchev–Trinajstić information content (AvgIpc) is 2.62. The molecule has 0 aromatic carbocycles. The van der Waals surface area contributed by atoms with Gasteiger partial charge in [-0.3, -0.25) is 4.79 Å². The van der Waals surface area contributed by atoms with E-state index in [1.54, 1.807) is 7.05 Å². The van der Waals surface area contributed by atoms with Crippen LogP contribution in [0.25, 0.3) is 0 Å². The SMILES string of the molecule is CN(C(=O)OC(C)(C)C)[C@H]1CC[C@@H](C(=O)O)C1. The molecule has 0 spiro atoms. The number of hydrogen-bond donors (Lipinski definition) is 1. The Labute approximate surface area is 102 Å². The zero-order valence-corrected chi connectivity index (χ0v) is 10.9. The Morgan fingerprint density at radius 1 is 1.29 bits per heavy atom. The average molecular weight is 243 g/mol. The minimum Gasteiger partial charge on any atom is -0.481 e. The zero-order chi connectivity index (χ0) is 13.2. The van der Waals surface area contributed by atoms with Crippen molar-refractivity contribution in [3.05, 3.63) is 0 Å². The fraction of sp³-hybridized carbons (Fsp3) is 0.833. The third-order valence-electron chi connectivity index (χ3n) is 2.98. The summed E-state index contributed by atoms with van der Waals surface area (Å²) in [6.45, 7) is 5.44. The molecule has 0 heterocycles. The molecule has 1 amide bonds. The van der Waals surface area contributed by atoms with Crippen molar-refractivity contribution in [3.63, 3.8) is 0 Å². The third kappa shape index (κ3) is 3.91. The summed E-state index contributed by atoms with van der Waals surface area (Å²) in [4.78, 5) is 24.1. The second-order valence-electron chi connectivity index (χ2n) is 5.59. The Bertz CT molecular complexity index is 308. The molecule has 1 N–H and O–H groups in total. The molecule has 5 heteroatoms. The van der Waals surface area contributed by atoms with E-state index in [0.717, 1.165) is 6.42 Å². The monoisotopic (exact) mass is 243 g/mol. The molecular weight excluding hydrogens is 222 g/mol. The van der Waals surface area contributed by atoms with Crippen molar-refractivity contribution >= 4 is 12.1 Å². The molecule has 0 bridgehead atoms. The van der Waals surface area contributed by atoms with Gasteiger partial charge in [0.15, 0.2) is 0 Å². The number of carbonyl (C=O) groups excluding carboxylic acids is 1. The van der Waals surface area contributed by atoms with Gasteiger partial charge in [-0.15, -0.1) is 0 Å². The molecule has 98 valence electrons. The summed E-state index contributed by atoms with van der Waals surface area (Å²) in [7, 11) is 1.67. The lowest BCUT2D eigenvalue weighted by atomic mass is 10.1. The van der Waals surface area contributed by atoms with Gasteiger partial charge in [0.1, 0.15) is 5.60 Å². The van der Waals surface area contributed by atoms with Gasteiger partial charge in [-0.05, 0) is 40.0 Å². The molecule has 2 atom stereocenters. The highest BCUT2D eigenvalue weighted by molar-refractivity contribution is 5.71. The summed E-state index contributed by atoms with van der Waals surface area (Å²) >= 11 is 0. The van der Waals surface area contributed by atoms with Crippen molar-refractivity contribution in [2.24, 2.45) is 5.92 Å². The van der Waals surface area contributed by atoms with Gasteiger partial charge in [0, 0.05) is 13.1 Å². The van der Waals surface area contributed by atoms with Crippen LogP contribution in [0, 0.1) is 5.92 Å². The van der Waals surface area contributed by atoms with Crippen LogP contribution in [-0.2, 0) is 9.53 Å². The number of carboxylic acids is 1. The van der Waals surface area contributed by atoms with Crippen LogP contribution >= 0.6 is 0 Å². The van der Waals surface area contributed by atoms with Gasteiger partial charge < -0.3 is 14.7 Å². The minimum atomic E-state index is -0.773. The number of ether oxygens (including phenoxy) is 1. The van der Waals surface area contributed by atoms with E-state index in [9.17, 15) is 9.59 Å². The molecule has 0 unspecified atom stereocenters. The third-order valence-corrected chi connectivity index (χ3v) is 2.98. The molecule has 0 aliphatic heterocycles. The first-order valence-corrected chi connectivity index (χ1v) is 5.89. The summed E-state index contributed by atoms with van der Waals surface area (Å²) in [6, 6.07) is -0.0223. The van der Waals surface area contributed by atoms with Gasteiger partial charge in [-0.1, -0.05) is 0 Å². The van der Waals surface area contributed by atoms with E-state index in [4.69, 9.17) is 9.84 Å². The van der Waals surface area contributed by atoms with Gasteiger partial charge in [0.2, 0.25) is 0 Å². The van der Waals surface area contributed by atoms with Crippen LogP contribution in [-0.4, -0.2) is 40.8 Å². The summed E-state index contributed by atoms with van der Waals surface area (Å²) in [5, 5.41) is 8.90. The predicted molar refractivity (Wildman–Crippen MR) is 62.8 cm³/mol. The van der Waals surface area contributed by atoms with Crippen molar-refractivity contribution in [1.29, 1.82) is 0 Å². The Kier molecular flexibility index (Phi) is 4.01. The highest BCUT2D eigenvalue weighted by Gasteiger charge is 2.34. The molecule has 0 saturated heterocycles. The van der Waals surface area contributed by atoms with Crippen LogP contribution in [0.1, 0.15) is 40.0 Å². The maximum Gasteiger partial charge on any atom is 0.410 e. The molecule has 0 radical (unpaired) electrons. The van der Waals surface area contributed by atoms with Gasteiger partial charge in [-0.25, -0.2) is 4.79 Å². The second kappa shape index (κ2) is 4.94. The summed E-state index contributed by atoms with van der Waals surface area (Å²) < 4.78 is 5.25. The Morgan fingerprint density at radius 3 is 2.29 bits per heavy atom. The van der Waals surface area contributed by atoms with Crippen LogP contribution in [0.4, 0.5) is 4.79 Å². The van der Waals surface area contributed by atoms with Crippen molar-refractivity contribution in [3.8, 4) is 0 Å². The smallest absolute Gasteiger partial charge is 0.410 e. The normalized spacial score (nSPS) is 24.5. The summed E-state index contributed by atoms with van der Waals surface area (Å²) in [6.07, 6.45) is 1.50. The summed E-state index contributed by atoms with van der Waals surface area (Å²) in [5.41, 5.74) is -0.518. The zero-order valence-electron chi connectivity index (χ0n) is 10.9. The number of carboxylic acid groups (broad SMARTS) is 1. The lowest BCUT2D eigenvalue weighted by Crippen LogP contribution is -2.39. The van der Waals surface area contributed by atoms with Crippen LogP contribution in [0.5, 0.6) is 0 Å². The second-order valence-corrected chi connectivity index (χ2v) is 5.59. The van der Waals surface area contributed by atoms with Gasteiger partial charge in [0.05, 0.1) is 5.92 Å². The van der Waals surface area contributed by atoms with E-state index in [2.05, 4.69) is 0 Å². The Morgan fingerprint density at radius 2 is 1.88 bits per heavy atom. The van der Waals surface area contributed by atoms with Crippen molar-refractivity contribution in [2.45, 2.75) is 51.7 Å². The highest BCUT2D eigenvalue weighted by atomic mass is 16.6. The van der Waals surface area contributed by atoms with E-state index < -0.39 is 11.6 Å². The standard InChI is InChI=1S/C12H21NO4/c1-12(2,3)17-11(16)13(4)9-6-5-8(7-9)10(14)15/h8-9H,5-7H2,1-4H3,(H,14,15)/t8-,9+/m1/s1. The number of nitrogens with zero attached hydrogens (tertiary/aromatic N) is 1. The van der Waals surface area contributed by atoms with Crippen LogP contribution in [0.15, 0.2) is 0 Å². The lowest BCUT2D eigenvalue weighted by molar-refractivity contribution is -0.141. The lowest BCUT2D eigenvalue weighted by Gasteiger charge is -2.28. The molecule has 1 rings (SSSR count). The maximum absolute atomic E-state index is 11.8. The van der Waals surface area contributed by atoms with E-state index in [-0.39, 0.29) is 18.1 Å². The van der Waals surface area contributed by atoms with E-state index in [0.29, 0.717) is 12.8 Å². The molecule has 1 fully saturated rings. The molecule has 1 aliphatic rings. The van der Waals surface area contributed by atoms with Crippen molar-refractivity contribution < 1.29 is 19.4 Å². The largest absolute Gasteiger partial charge is 0.481 e. The first-order chi connectivity index (χ1) is 7.70. The topological polar surface area (TPSA) is 66.8 Å². The van der Waals surface area contributed by atoms with Crippen LogP contribution in [0.3, 0.4) is 0 Å². The van der Waals surface area contributed by atoms with Crippen molar-refractivity contribution in [2.75, 3.05) is 7.05 Å². The van der Waals surface area contributed by atoms with Gasteiger partial charge in [-0.2, -0.15) is 0 Å².